The van der Waals surface area contributed by atoms with Crippen LogP contribution in [0, 0.1) is 5.92 Å². The molecule has 2 N–H and O–H groups in total. The van der Waals surface area contributed by atoms with Crippen LogP contribution in [0.25, 0.3) is 10.9 Å². The average molecular weight is 297 g/mol. The molecule has 0 radical (unpaired) electrons. The van der Waals surface area contributed by atoms with Gasteiger partial charge in [-0.2, -0.15) is 0 Å². The lowest BCUT2D eigenvalue weighted by atomic mass is 9.93. The van der Waals surface area contributed by atoms with Crippen molar-refractivity contribution in [2.75, 3.05) is 0 Å². The van der Waals surface area contributed by atoms with E-state index >= 15 is 0 Å². The largest absolute Gasteiger partial charge is 0.324 e. The van der Waals surface area contributed by atoms with Crippen LogP contribution in [0.15, 0.2) is 30.3 Å². The number of nitrogens with zero attached hydrogens (tertiary/aromatic N) is 1. The number of aromatic nitrogens is 1. The number of rotatable bonds is 2. The van der Waals surface area contributed by atoms with Gasteiger partial charge in [-0.1, -0.05) is 42.6 Å². The summed E-state index contributed by atoms with van der Waals surface area (Å²) < 4.78 is 0. The first-order valence-corrected chi connectivity index (χ1v) is 6.94. The fourth-order valence-corrected chi connectivity index (χ4v) is 3.18. The zero-order valence-corrected chi connectivity index (χ0v) is 12.3. The van der Waals surface area contributed by atoms with Crippen LogP contribution in [0.3, 0.4) is 0 Å². The van der Waals surface area contributed by atoms with Crippen LogP contribution in [0.5, 0.6) is 0 Å². The van der Waals surface area contributed by atoms with Crippen molar-refractivity contribution in [3.8, 4) is 0 Å². The van der Waals surface area contributed by atoms with Crippen LogP contribution in [-0.4, -0.2) is 4.98 Å². The van der Waals surface area contributed by atoms with Crippen LogP contribution in [0.2, 0.25) is 5.15 Å². The molecular formula is C15H18Cl2N2. The molecule has 3 rings (SSSR count). The molecule has 0 bridgehead atoms. The predicted octanol–water partition coefficient (Wildman–Crippen LogP) is 4.50. The van der Waals surface area contributed by atoms with Crippen molar-refractivity contribution in [1.29, 1.82) is 0 Å². The minimum atomic E-state index is 0. The second-order valence-corrected chi connectivity index (χ2v) is 5.49. The van der Waals surface area contributed by atoms with E-state index in [0.717, 1.165) is 16.5 Å². The lowest BCUT2D eigenvalue weighted by Gasteiger charge is -2.20. The van der Waals surface area contributed by atoms with E-state index in [9.17, 15) is 0 Å². The maximum absolute atomic E-state index is 6.37. The average Bonchev–Trinajstić information content (AvgIpc) is 2.91. The van der Waals surface area contributed by atoms with E-state index in [1.807, 2.05) is 18.2 Å². The molecule has 1 aromatic carbocycles. The molecule has 2 aromatic rings. The topological polar surface area (TPSA) is 38.9 Å². The summed E-state index contributed by atoms with van der Waals surface area (Å²) in [6.07, 6.45) is 5.00. The molecule has 0 unspecified atom stereocenters. The van der Waals surface area contributed by atoms with Crippen LogP contribution >= 0.6 is 24.0 Å². The van der Waals surface area contributed by atoms with E-state index in [1.165, 1.54) is 25.7 Å². The highest BCUT2D eigenvalue weighted by molar-refractivity contribution is 6.30. The van der Waals surface area contributed by atoms with Crippen LogP contribution in [0.4, 0.5) is 0 Å². The Morgan fingerprint density at radius 1 is 1.21 bits per heavy atom. The van der Waals surface area contributed by atoms with E-state index in [1.54, 1.807) is 0 Å². The summed E-state index contributed by atoms with van der Waals surface area (Å²) >= 11 is 6.29. The molecule has 4 heteroatoms. The predicted molar refractivity (Wildman–Crippen MR) is 82.9 cm³/mol. The van der Waals surface area contributed by atoms with Gasteiger partial charge in [-0.25, -0.2) is 4.98 Å². The Kier molecular flexibility index (Phi) is 4.67. The van der Waals surface area contributed by atoms with Crippen molar-refractivity contribution in [3.05, 3.63) is 41.0 Å². The van der Waals surface area contributed by atoms with Crippen molar-refractivity contribution in [2.24, 2.45) is 11.7 Å². The third-order valence-electron chi connectivity index (χ3n) is 3.97. The van der Waals surface area contributed by atoms with Gasteiger partial charge in [-0.3, -0.25) is 0 Å². The summed E-state index contributed by atoms with van der Waals surface area (Å²) in [4.78, 5) is 4.45. The minimum Gasteiger partial charge on any atom is -0.324 e. The number of hydrogen-bond acceptors (Lipinski definition) is 2. The summed E-state index contributed by atoms with van der Waals surface area (Å²) in [5.41, 5.74) is 8.30. The monoisotopic (exact) mass is 296 g/mol. The van der Waals surface area contributed by atoms with Crippen molar-refractivity contribution in [3.63, 3.8) is 0 Å². The summed E-state index contributed by atoms with van der Waals surface area (Å²) in [6.45, 7) is 0. The van der Waals surface area contributed by atoms with Crippen molar-refractivity contribution in [2.45, 2.75) is 31.7 Å². The zero-order chi connectivity index (χ0) is 12.5. The maximum Gasteiger partial charge on any atom is 0.134 e. The number of hydrogen-bond donors (Lipinski definition) is 1. The molecule has 0 saturated heterocycles. The van der Waals surface area contributed by atoms with Gasteiger partial charge < -0.3 is 5.73 Å². The molecule has 1 atom stereocenters. The van der Waals surface area contributed by atoms with Gasteiger partial charge in [0.1, 0.15) is 5.15 Å². The SMILES string of the molecule is Cl.N[C@@H](c1cc2ccccc2nc1Cl)C1CCCC1. The summed E-state index contributed by atoms with van der Waals surface area (Å²) in [6, 6.07) is 10.2. The Morgan fingerprint density at radius 3 is 2.63 bits per heavy atom. The van der Waals surface area contributed by atoms with Gasteiger partial charge in [0.05, 0.1) is 5.52 Å². The van der Waals surface area contributed by atoms with Crippen LogP contribution in [-0.2, 0) is 0 Å². The second kappa shape index (κ2) is 6.08. The smallest absolute Gasteiger partial charge is 0.134 e. The Morgan fingerprint density at radius 2 is 1.89 bits per heavy atom. The van der Waals surface area contributed by atoms with Gasteiger partial charge in [-0.05, 0) is 30.9 Å². The first-order valence-electron chi connectivity index (χ1n) is 6.56. The Balaban J connectivity index is 0.00000133. The highest BCUT2D eigenvalue weighted by atomic mass is 35.5. The number of halogens is 2. The standard InChI is InChI=1S/C15H17ClN2.ClH/c16-15-12(14(17)10-5-1-2-6-10)9-11-7-3-4-8-13(11)18-15;/h3-4,7-10,14H,1-2,5-6,17H2;1H/t14-;/m1./s1. The highest BCUT2D eigenvalue weighted by Crippen LogP contribution is 2.37. The number of fused-ring (bicyclic) bond motifs is 1. The molecule has 1 fully saturated rings. The molecule has 19 heavy (non-hydrogen) atoms. The highest BCUT2D eigenvalue weighted by Gasteiger charge is 2.25. The van der Waals surface area contributed by atoms with Crippen molar-refractivity contribution >= 4 is 34.9 Å². The molecule has 1 aliphatic rings. The molecule has 0 spiro atoms. The minimum absolute atomic E-state index is 0. The Hall–Kier alpha value is -0.830. The normalized spacial score (nSPS) is 17.4. The molecular weight excluding hydrogens is 279 g/mol. The van der Waals surface area contributed by atoms with E-state index in [0.29, 0.717) is 11.1 Å². The van der Waals surface area contributed by atoms with E-state index in [2.05, 4.69) is 17.1 Å². The third-order valence-corrected chi connectivity index (χ3v) is 4.27. The lowest BCUT2D eigenvalue weighted by molar-refractivity contribution is 0.444. The molecule has 2 nitrogen and oxygen atoms in total. The van der Waals surface area contributed by atoms with Gasteiger partial charge >= 0.3 is 0 Å². The molecule has 1 heterocycles. The zero-order valence-electron chi connectivity index (χ0n) is 10.7. The summed E-state index contributed by atoms with van der Waals surface area (Å²) in [5.74, 6) is 0.561. The van der Waals surface area contributed by atoms with Gasteiger partial charge in [0.15, 0.2) is 0 Å². The van der Waals surface area contributed by atoms with E-state index < -0.39 is 0 Å². The second-order valence-electron chi connectivity index (χ2n) is 5.13. The van der Waals surface area contributed by atoms with Gasteiger partial charge in [0.25, 0.3) is 0 Å². The van der Waals surface area contributed by atoms with Crippen molar-refractivity contribution in [1.82, 2.24) is 4.98 Å². The number of pyridine rings is 1. The summed E-state index contributed by atoms with van der Waals surface area (Å²) in [5, 5.41) is 1.68. The number of nitrogens with two attached hydrogens (primary N) is 1. The first kappa shape index (κ1) is 14.6. The fraction of sp³-hybridized carbons (Fsp3) is 0.400. The Bertz CT molecular complexity index is 565. The van der Waals surface area contributed by atoms with Crippen LogP contribution < -0.4 is 5.73 Å². The van der Waals surface area contributed by atoms with E-state index in [4.69, 9.17) is 17.3 Å². The van der Waals surface area contributed by atoms with E-state index in [-0.39, 0.29) is 18.4 Å². The van der Waals surface area contributed by atoms with Crippen molar-refractivity contribution < 1.29 is 0 Å². The molecule has 1 aliphatic carbocycles. The first-order chi connectivity index (χ1) is 8.75. The molecule has 0 amide bonds. The quantitative estimate of drug-likeness (QED) is 0.829. The molecule has 0 aliphatic heterocycles. The lowest BCUT2D eigenvalue weighted by Crippen LogP contribution is -2.19. The molecule has 1 aromatic heterocycles. The number of para-hydroxylation sites is 1. The maximum atomic E-state index is 6.37. The van der Waals surface area contributed by atoms with Gasteiger partial charge in [0.2, 0.25) is 0 Å². The Labute approximate surface area is 124 Å². The molecule has 1 saturated carbocycles. The van der Waals surface area contributed by atoms with Crippen LogP contribution in [0.1, 0.15) is 37.3 Å². The molecule has 102 valence electrons. The number of benzene rings is 1. The summed E-state index contributed by atoms with van der Waals surface area (Å²) in [7, 11) is 0. The fourth-order valence-electron chi connectivity index (χ4n) is 2.91. The third kappa shape index (κ3) is 2.86. The van der Waals surface area contributed by atoms with Gasteiger partial charge in [-0.15, -0.1) is 12.4 Å². The van der Waals surface area contributed by atoms with Gasteiger partial charge in [0, 0.05) is 17.0 Å².